The molecule has 0 amide bonds. The number of hydrogen-bond donors (Lipinski definition) is 0. The number of thiazole rings is 1. The lowest BCUT2D eigenvalue weighted by Crippen LogP contribution is -2.22. The zero-order valence-electron chi connectivity index (χ0n) is 19.2. The lowest BCUT2D eigenvalue weighted by atomic mass is 10.2. The Bertz CT molecular complexity index is 1540. The van der Waals surface area contributed by atoms with Crippen molar-refractivity contribution in [2.45, 2.75) is 0 Å². The van der Waals surface area contributed by atoms with Crippen LogP contribution >= 0.6 is 11.3 Å². The van der Waals surface area contributed by atoms with Gasteiger partial charge in [-0.05, 0) is 48.0 Å². The molecule has 0 aliphatic carbocycles. The van der Waals surface area contributed by atoms with Gasteiger partial charge in [-0.1, -0.05) is 47.7 Å². The van der Waals surface area contributed by atoms with Crippen LogP contribution in [0.15, 0.2) is 77.6 Å². The van der Waals surface area contributed by atoms with Crippen molar-refractivity contribution in [1.82, 2.24) is 9.38 Å². The van der Waals surface area contributed by atoms with E-state index in [0.29, 0.717) is 47.4 Å². The first-order chi connectivity index (χ1) is 17.2. The summed E-state index contributed by atoms with van der Waals surface area (Å²) >= 11 is 1.37. The van der Waals surface area contributed by atoms with Crippen LogP contribution in [0.5, 0.6) is 17.2 Å². The van der Waals surface area contributed by atoms with Crippen LogP contribution in [0.3, 0.4) is 0 Å². The summed E-state index contributed by atoms with van der Waals surface area (Å²) in [4.78, 5) is 18.2. The molecule has 0 radical (unpaired) electrons. The summed E-state index contributed by atoms with van der Waals surface area (Å²) in [6.45, 7) is 1.76. The van der Waals surface area contributed by atoms with E-state index in [1.165, 1.54) is 11.3 Å². The first-order valence-electron chi connectivity index (χ1n) is 11.2. The number of ether oxygens (including phenoxy) is 4. The molecule has 0 aliphatic heterocycles. The summed E-state index contributed by atoms with van der Waals surface area (Å²) in [5, 5.41) is 0. The molecule has 0 aliphatic rings. The topological polar surface area (TPSA) is 71.3 Å². The maximum Gasteiger partial charge on any atom is 0.274 e. The number of nitrogens with zero attached hydrogens (tertiary/aromatic N) is 2. The lowest BCUT2D eigenvalue weighted by Gasteiger charge is -2.12. The molecule has 0 spiro atoms. The molecule has 7 nitrogen and oxygen atoms in total. The second-order valence-electron chi connectivity index (χ2n) is 7.67. The van der Waals surface area contributed by atoms with Crippen molar-refractivity contribution in [3.8, 4) is 17.2 Å². The van der Waals surface area contributed by atoms with Gasteiger partial charge < -0.3 is 18.9 Å². The van der Waals surface area contributed by atoms with Crippen molar-refractivity contribution in [2.24, 2.45) is 0 Å². The van der Waals surface area contributed by atoms with E-state index in [-0.39, 0.29) is 5.56 Å². The molecule has 2 aromatic heterocycles. The van der Waals surface area contributed by atoms with Crippen LogP contribution in [0.4, 0.5) is 0 Å². The van der Waals surface area contributed by atoms with Crippen molar-refractivity contribution >= 4 is 33.4 Å². The third-order valence-corrected chi connectivity index (χ3v) is 6.32. The van der Waals surface area contributed by atoms with Gasteiger partial charge in [0.1, 0.15) is 19.0 Å². The highest BCUT2D eigenvalue weighted by Crippen LogP contribution is 2.28. The van der Waals surface area contributed by atoms with E-state index in [2.05, 4.69) is 4.98 Å². The number of aromatic nitrogens is 2. The molecule has 0 N–H and O–H groups in total. The fourth-order valence-corrected chi connectivity index (χ4v) is 4.69. The molecule has 0 unspecified atom stereocenters. The second kappa shape index (κ2) is 10.6. The molecule has 178 valence electrons. The first-order valence-corrected chi connectivity index (χ1v) is 12.0. The predicted octanol–water partition coefficient (Wildman–Crippen LogP) is 3.94. The Balaban J connectivity index is 1.20. The summed E-state index contributed by atoms with van der Waals surface area (Å²) in [6, 6.07) is 22.8. The highest BCUT2D eigenvalue weighted by atomic mass is 32.1. The van der Waals surface area contributed by atoms with Gasteiger partial charge in [0.25, 0.3) is 5.56 Å². The Hall–Kier alpha value is -3.88. The Morgan fingerprint density at radius 1 is 0.886 bits per heavy atom. The van der Waals surface area contributed by atoms with Crippen LogP contribution in [0.25, 0.3) is 22.1 Å². The average molecular weight is 489 g/mol. The van der Waals surface area contributed by atoms with Gasteiger partial charge >= 0.3 is 0 Å². The molecular weight excluding hydrogens is 464 g/mol. The minimum absolute atomic E-state index is 0.0774. The Labute approximate surface area is 205 Å². The quantitative estimate of drug-likeness (QED) is 0.277. The molecule has 0 atom stereocenters. The van der Waals surface area contributed by atoms with Gasteiger partial charge in [0, 0.05) is 0 Å². The van der Waals surface area contributed by atoms with E-state index >= 15 is 0 Å². The molecule has 0 saturated carbocycles. The number of methoxy groups -OCH3 is 1. The minimum atomic E-state index is -0.0774. The highest BCUT2D eigenvalue weighted by molar-refractivity contribution is 7.15. The summed E-state index contributed by atoms with van der Waals surface area (Å²) in [7, 11) is 1.59. The maximum atomic E-state index is 13.0. The maximum absolute atomic E-state index is 13.0. The summed E-state index contributed by atoms with van der Waals surface area (Å²) in [5.74, 6) is 2.02. The SMILES string of the molecule is COc1cc(C=c2sc3nc4ccccc4n3c2=O)ccc1OCCOCCOc1ccccc1. The first kappa shape index (κ1) is 22.9. The summed E-state index contributed by atoms with van der Waals surface area (Å²) in [5.41, 5.74) is 2.40. The number of hydrogen-bond acceptors (Lipinski definition) is 7. The van der Waals surface area contributed by atoms with E-state index < -0.39 is 0 Å². The summed E-state index contributed by atoms with van der Waals surface area (Å²) in [6.07, 6.45) is 1.85. The third kappa shape index (κ3) is 5.13. The van der Waals surface area contributed by atoms with Crippen molar-refractivity contribution < 1.29 is 18.9 Å². The van der Waals surface area contributed by atoms with Crippen molar-refractivity contribution in [1.29, 1.82) is 0 Å². The fourth-order valence-electron chi connectivity index (χ4n) is 3.70. The van der Waals surface area contributed by atoms with E-state index in [0.717, 1.165) is 22.3 Å². The molecule has 5 aromatic rings. The molecule has 0 bridgehead atoms. The number of fused-ring (bicyclic) bond motifs is 3. The molecule has 0 saturated heterocycles. The van der Waals surface area contributed by atoms with Gasteiger partial charge in [-0.3, -0.25) is 4.79 Å². The lowest BCUT2D eigenvalue weighted by molar-refractivity contribution is 0.0757. The molecule has 35 heavy (non-hydrogen) atoms. The Morgan fingerprint density at radius 3 is 2.49 bits per heavy atom. The highest BCUT2D eigenvalue weighted by Gasteiger charge is 2.11. The van der Waals surface area contributed by atoms with Crippen molar-refractivity contribution in [2.75, 3.05) is 33.5 Å². The zero-order valence-corrected chi connectivity index (χ0v) is 20.0. The fraction of sp³-hybridized carbons (Fsp3) is 0.185. The van der Waals surface area contributed by atoms with Gasteiger partial charge in [-0.25, -0.2) is 9.38 Å². The van der Waals surface area contributed by atoms with E-state index in [9.17, 15) is 4.79 Å². The zero-order chi connectivity index (χ0) is 24.0. The standard InChI is InChI=1S/C27H24N2O5S/c1-31-24-17-19(18-25-26(30)29-22-10-6-5-9-21(22)28-27(29)35-25)11-12-23(24)34-16-14-32-13-15-33-20-7-3-2-4-8-20/h2-12,17-18H,13-16H2,1H3. The summed E-state index contributed by atoms with van der Waals surface area (Å²) < 4.78 is 24.8. The normalized spacial score (nSPS) is 11.9. The number of benzene rings is 3. The monoisotopic (exact) mass is 488 g/mol. The third-order valence-electron chi connectivity index (χ3n) is 5.36. The van der Waals surface area contributed by atoms with Crippen LogP contribution in [0, 0.1) is 0 Å². The van der Waals surface area contributed by atoms with Gasteiger partial charge in [-0.15, -0.1) is 0 Å². The molecule has 0 fully saturated rings. The second-order valence-corrected chi connectivity index (χ2v) is 8.68. The number of imidazole rings is 1. The Kier molecular flexibility index (Phi) is 6.92. The smallest absolute Gasteiger partial charge is 0.274 e. The van der Waals surface area contributed by atoms with E-state index in [1.807, 2.05) is 78.9 Å². The van der Waals surface area contributed by atoms with Crippen LogP contribution in [-0.4, -0.2) is 42.9 Å². The van der Waals surface area contributed by atoms with Gasteiger partial charge in [0.2, 0.25) is 0 Å². The largest absolute Gasteiger partial charge is 0.493 e. The van der Waals surface area contributed by atoms with Crippen LogP contribution in [0.2, 0.25) is 0 Å². The van der Waals surface area contributed by atoms with Crippen LogP contribution in [-0.2, 0) is 4.74 Å². The predicted molar refractivity (Wildman–Crippen MR) is 137 cm³/mol. The van der Waals surface area contributed by atoms with Crippen LogP contribution in [0.1, 0.15) is 5.56 Å². The van der Waals surface area contributed by atoms with Crippen molar-refractivity contribution in [3.63, 3.8) is 0 Å². The van der Waals surface area contributed by atoms with E-state index in [1.54, 1.807) is 11.5 Å². The number of rotatable bonds is 10. The van der Waals surface area contributed by atoms with Gasteiger partial charge in [-0.2, -0.15) is 0 Å². The average Bonchev–Trinajstić information content (AvgIpc) is 3.40. The van der Waals surface area contributed by atoms with Gasteiger partial charge in [0.15, 0.2) is 16.5 Å². The van der Waals surface area contributed by atoms with E-state index in [4.69, 9.17) is 18.9 Å². The molecular formula is C27H24N2O5S. The molecule has 3 aromatic carbocycles. The number of para-hydroxylation sites is 3. The molecule has 5 rings (SSSR count). The van der Waals surface area contributed by atoms with Crippen LogP contribution < -0.4 is 24.3 Å². The van der Waals surface area contributed by atoms with Crippen molar-refractivity contribution in [3.05, 3.63) is 93.2 Å². The minimum Gasteiger partial charge on any atom is -0.493 e. The van der Waals surface area contributed by atoms with Gasteiger partial charge in [0.05, 0.1) is 35.9 Å². The Morgan fingerprint density at radius 2 is 1.66 bits per heavy atom. The molecule has 8 heteroatoms. The molecule has 2 heterocycles.